The number of H-pyrrole nitrogens is 1. The normalized spacial score (nSPS) is 24.1. The van der Waals surface area contributed by atoms with E-state index in [1.807, 2.05) is 38.2 Å². The summed E-state index contributed by atoms with van der Waals surface area (Å²) in [5.41, 5.74) is 4.00. The number of aromatic hydroxyl groups is 1. The number of aromatic amines is 1. The molecule has 0 radical (unpaired) electrons. The summed E-state index contributed by atoms with van der Waals surface area (Å²) in [6.45, 7) is 9.11. The highest BCUT2D eigenvalue weighted by molar-refractivity contribution is 5.87. The van der Waals surface area contributed by atoms with Crippen molar-refractivity contribution in [3.05, 3.63) is 76.6 Å². The minimum atomic E-state index is -0.975. The van der Waals surface area contributed by atoms with Crippen LogP contribution in [0.5, 0.6) is 5.75 Å². The number of aryl methyl sites for hydroxylation is 2. The second-order valence-electron chi connectivity index (χ2n) is 16.2. The van der Waals surface area contributed by atoms with Crippen LogP contribution in [0.2, 0.25) is 0 Å². The smallest absolute Gasteiger partial charge is 0.408 e. The number of nitrogens with one attached hydrogen (secondary N) is 3. The molecule has 2 atom stereocenters. The summed E-state index contributed by atoms with van der Waals surface area (Å²) in [5, 5.41) is 21.7. The Hall–Kier alpha value is -4.34. The van der Waals surface area contributed by atoms with Gasteiger partial charge in [-0.3, -0.25) is 4.79 Å². The van der Waals surface area contributed by atoms with Crippen molar-refractivity contribution in [2.45, 2.75) is 110 Å². The van der Waals surface area contributed by atoms with Gasteiger partial charge >= 0.3 is 6.09 Å². The van der Waals surface area contributed by atoms with Gasteiger partial charge in [0.15, 0.2) is 5.82 Å². The van der Waals surface area contributed by atoms with Crippen LogP contribution in [0, 0.1) is 37.0 Å². The van der Waals surface area contributed by atoms with Crippen LogP contribution in [0.15, 0.2) is 47.1 Å². The van der Waals surface area contributed by atoms with Crippen molar-refractivity contribution < 1.29 is 24.0 Å². The maximum atomic E-state index is 14.3. The molecule has 4 aliphatic carbocycles. The SMILES string of the molecule is Cc1cc(O)cc(C)c1C[C@H](NC(=O)OC(C)(C)C)C(=O)N[C@@H](Cc1c[nH]c2ccccc12)c1nc(CC23CC4CC(CC(C4)C2)C3)no1. The van der Waals surface area contributed by atoms with Crippen LogP contribution in [0.1, 0.15) is 99.3 Å². The summed E-state index contributed by atoms with van der Waals surface area (Å²) in [4.78, 5) is 35.6. The number of phenols is 1. The van der Waals surface area contributed by atoms with Gasteiger partial charge in [-0.05, 0) is 137 Å². The number of ether oxygens (including phenoxy) is 1. The molecule has 0 aliphatic heterocycles. The van der Waals surface area contributed by atoms with Crippen molar-refractivity contribution in [2.75, 3.05) is 0 Å². The van der Waals surface area contributed by atoms with Crippen LogP contribution in [0.3, 0.4) is 0 Å². The van der Waals surface area contributed by atoms with Gasteiger partial charge in [0.1, 0.15) is 23.4 Å². The predicted molar refractivity (Wildman–Crippen MR) is 186 cm³/mol. The third kappa shape index (κ3) is 7.33. The molecule has 2 amide bonds. The molecular weight excluding hydrogens is 618 g/mol. The lowest BCUT2D eigenvalue weighted by molar-refractivity contribution is -0.124. The standard InChI is InChI=1S/C39H49N5O5/c1-22-10-28(45)11-23(2)30(22)16-32(42-37(47)48-38(3,4)5)35(46)41-33(15-27-21-40-31-9-7-6-8-29(27)31)36-43-34(44-49-36)20-39-17-24-12-25(18-39)14-26(13-24)19-39/h6-11,21,24-26,32-33,40,45H,12-20H2,1-5H3,(H,41,46)(H,42,47)/t24?,25?,26?,32-,33-,39?/m0/s1. The molecule has 4 fully saturated rings. The van der Waals surface area contributed by atoms with Crippen LogP contribution in [0.4, 0.5) is 4.79 Å². The fraction of sp³-hybridized carbons (Fsp3) is 0.538. The summed E-state index contributed by atoms with van der Waals surface area (Å²) in [7, 11) is 0. The molecule has 4 aliphatic rings. The Morgan fingerprint density at radius 1 is 1.02 bits per heavy atom. The Bertz CT molecular complexity index is 1790. The van der Waals surface area contributed by atoms with Gasteiger partial charge in [0.05, 0.1) is 0 Å². The molecule has 2 heterocycles. The quantitative estimate of drug-likeness (QED) is 0.140. The van der Waals surface area contributed by atoms with Crippen LogP contribution in [-0.2, 0) is 28.8 Å². The summed E-state index contributed by atoms with van der Waals surface area (Å²) in [5.74, 6) is 3.27. The van der Waals surface area contributed by atoms with Gasteiger partial charge in [0, 0.05) is 36.4 Å². The number of carbonyl (C=O) groups is 2. The second-order valence-corrected chi connectivity index (χ2v) is 16.2. The molecule has 4 N–H and O–H groups in total. The molecule has 260 valence electrons. The van der Waals surface area contributed by atoms with Gasteiger partial charge in [-0.1, -0.05) is 23.4 Å². The Labute approximate surface area is 287 Å². The van der Waals surface area contributed by atoms with Crippen molar-refractivity contribution >= 4 is 22.9 Å². The van der Waals surface area contributed by atoms with E-state index in [-0.39, 0.29) is 17.6 Å². The highest BCUT2D eigenvalue weighted by atomic mass is 16.6. The average molecular weight is 668 g/mol. The first-order chi connectivity index (χ1) is 23.3. The zero-order valence-corrected chi connectivity index (χ0v) is 29.3. The first-order valence-electron chi connectivity index (χ1n) is 17.8. The van der Waals surface area contributed by atoms with Gasteiger partial charge in [-0.2, -0.15) is 4.98 Å². The van der Waals surface area contributed by atoms with Crippen molar-refractivity contribution in [3.8, 4) is 5.75 Å². The first kappa shape index (κ1) is 33.2. The summed E-state index contributed by atoms with van der Waals surface area (Å²) >= 11 is 0. The number of benzene rings is 2. The van der Waals surface area contributed by atoms with Crippen LogP contribution in [0.25, 0.3) is 10.9 Å². The molecule has 8 rings (SSSR count). The topological polar surface area (TPSA) is 142 Å². The molecule has 4 aromatic rings. The number of hydrogen-bond donors (Lipinski definition) is 4. The Kier molecular flexibility index (Phi) is 8.69. The van der Waals surface area contributed by atoms with Gasteiger partial charge in [-0.25, -0.2) is 4.79 Å². The number of phenolic OH excluding ortho intramolecular Hbond substituents is 1. The van der Waals surface area contributed by atoms with Gasteiger partial charge in [-0.15, -0.1) is 0 Å². The summed E-state index contributed by atoms with van der Waals surface area (Å²) in [6.07, 6.45) is 10.5. The van der Waals surface area contributed by atoms with E-state index in [1.165, 1.54) is 38.5 Å². The Balaban J connectivity index is 1.17. The molecule has 2 aromatic heterocycles. The lowest BCUT2D eigenvalue weighted by Crippen LogP contribution is -2.50. The number of fused-ring (bicyclic) bond motifs is 1. The molecule has 4 saturated carbocycles. The van der Waals surface area contributed by atoms with E-state index in [0.29, 0.717) is 18.1 Å². The van der Waals surface area contributed by atoms with Crippen molar-refractivity contribution in [3.63, 3.8) is 0 Å². The van der Waals surface area contributed by atoms with Crippen LogP contribution in [-0.4, -0.2) is 43.9 Å². The van der Waals surface area contributed by atoms with Crippen LogP contribution < -0.4 is 10.6 Å². The number of hydrogen-bond acceptors (Lipinski definition) is 7. The monoisotopic (exact) mass is 667 g/mol. The molecular formula is C39H49N5O5. The Morgan fingerprint density at radius 2 is 1.67 bits per heavy atom. The minimum Gasteiger partial charge on any atom is -0.508 e. The highest BCUT2D eigenvalue weighted by Crippen LogP contribution is 2.60. The molecule has 0 spiro atoms. The van der Waals surface area contributed by atoms with E-state index in [1.54, 1.807) is 32.9 Å². The van der Waals surface area contributed by atoms with Gasteiger partial charge < -0.3 is 30.0 Å². The number of aromatic nitrogens is 3. The fourth-order valence-electron chi connectivity index (χ4n) is 9.47. The van der Waals surface area contributed by atoms with E-state index in [9.17, 15) is 14.7 Å². The molecule has 10 heteroatoms. The zero-order valence-electron chi connectivity index (χ0n) is 29.3. The lowest BCUT2D eigenvalue weighted by Gasteiger charge is -2.56. The predicted octanol–water partition coefficient (Wildman–Crippen LogP) is 7.17. The fourth-order valence-corrected chi connectivity index (χ4v) is 9.47. The van der Waals surface area contributed by atoms with Gasteiger partial charge in [0.25, 0.3) is 0 Å². The third-order valence-corrected chi connectivity index (χ3v) is 11.0. The Morgan fingerprint density at radius 3 is 2.33 bits per heavy atom. The van der Waals surface area contributed by atoms with E-state index >= 15 is 0 Å². The minimum absolute atomic E-state index is 0.152. The zero-order chi connectivity index (χ0) is 34.5. The lowest BCUT2D eigenvalue weighted by atomic mass is 9.49. The van der Waals surface area contributed by atoms with Crippen molar-refractivity contribution in [1.29, 1.82) is 0 Å². The van der Waals surface area contributed by atoms with Crippen molar-refractivity contribution in [1.82, 2.24) is 25.8 Å². The molecule has 4 bridgehead atoms. The largest absolute Gasteiger partial charge is 0.508 e. The van der Waals surface area contributed by atoms with Gasteiger partial charge in [0.2, 0.25) is 11.8 Å². The molecule has 10 nitrogen and oxygen atoms in total. The number of rotatable bonds is 10. The third-order valence-electron chi connectivity index (χ3n) is 11.0. The number of carbonyl (C=O) groups excluding carboxylic acids is 2. The molecule has 2 aromatic carbocycles. The second kappa shape index (κ2) is 12.8. The van der Waals surface area contributed by atoms with Crippen LogP contribution >= 0.6 is 0 Å². The molecule has 0 unspecified atom stereocenters. The van der Waals surface area contributed by atoms with E-state index < -0.39 is 29.7 Å². The molecule has 0 saturated heterocycles. The number of amides is 2. The average Bonchev–Trinajstić information content (AvgIpc) is 3.63. The maximum Gasteiger partial charge on any atom is 0.408 e. The van der Waals surface area contributed by atoms with E-state index in [0.717, 1.165) is 57.3 Å². The highest BCUT2D eigenvalue weighted by Gasteiger charge is 2.51. The molecule has 49 heavy (non-hydrogen) atoms. The van der Waals surface area contributed by atoms with E-state index in [2.05, 4.69) is 26.8 Å². The van der Waals surface area contributed by atoms with Crippen molar-refractivity contribution in [2.24, 2.45) is 23.2 Å². The van der Waals surface area contributed by atoms with E-state index in [4.69, 9.17) is 14.2 Å². The first-order valence-corrected chi connectivity index (χ1v) is 17.8. The number of para-hydroxylation sites is 1. The number of alkyl carbamates (subject to hydrolysis) is 1. The maximum absolute atomic E-state index is 14.3. The number of nitrogens with zero attached hydrogens (tertiary/aromatic N) is 2. The summed E-state index contributed by atoms with van der Waals surface area (Å²) < 4.78 is 11.5. The summed E-state index contributed by atoms with van der Waals surface area (Å²) in [6, 6.07) is 9.75.